The Morgan fingerprint density at radius 3 is 2.67 bits per heavy atom. The van der Waals surface area contributed by atoms with Crippen molar-refractivity contribution in [1.82, 2.24) is 4.98 Å². The van der Waals surface area contributed by atoms with Gasteiger partial charge in [-0.3, -0.25) is 0 Å². The summed E-state index contributed by atoms with van der Waals surface area (Å²) in [6, 6.07) is 7.14. The first kappa shape index (κ1) is 10.2. The summed E-state index contributed by atoms with van der Waals surface area (Å²) in [6.45, 7) is 1.90. The SMILES string of the molecule is Cc1cc(C#N)nc2c(Cl)cc(Cl)cc12. The maximum absolute atomic E-state index is 8.79. The highest BCUT2D eigenvalue weighted by Crippen LogP contribution is 2.28. The van der Waals surface area contributed by atoms with Crippen molar-refractivity contribution < 1.29 is 0 Å². The maximum Gasteiger partial charge on any atom is 0.141 e. The van der Waals surface area contributed by atoms with Crippen LogP contribution >= 0.6 is 23.2 Å². The van der Waals surface area contributed by atoms with Crippen molar-refractivity contribution in [2.75, 3.05) is 0 Å². The van der Waals surface area contributed by atoms with Crippen LogP contribution in [0.25, 0.3) is 10.9 Å². The van der Waals surface area contributed by atoms with Gasteiger partial charge < -0.3 is 0 Å². The third kappa shape index (κ3) is 1.77. The fourth-order valence-corrected chi connectivity index (χ4v) is 2.01. The molecular weight excluding hydrogens is 231 g/mol. The molecule has 2 rings (SSSR count). The lowest BCUT2D eigenvalue weighted by atomic mass is 10.1. The van der Waals surface area contributed by atoms with Gasteiger partial charge in [0.05, 0.1) is 10.5 Å². The Labute approximate surface area is 97.1 Å². The van der Waals surface area contributed by atoms with E-state index >= 15 is 0 Å². The Balaban J connectivity index is 2.93. The molecule has 74 valence electrons. The molecule has 2 aromatic rings. The number of nitrogens with zero attached hydrogens (tertiary/aromatic N) is 2. The maximum atomic E-state index is 8.79. The Morgan fingerprint density at radius 1 is 1.27 bits per heavy atom. The van der Waals surface area contributed by atoms with Gasteiger partial charge in [0, 0.05) is 10.4 Å². The summed E-state index contributed by atoms with van der Waals surface area (Å²) >= 11 is 11.9. The first-order valence-corrected chi connectivity index (χ1v) is 5.04. The second kappa shape index (κ2) is 3.69. The average molecular weight is 237 g/mol. The minimum Gasteiger partial charge on any atom is -0.236 e. The van der Waals surface area contributed by atoms with E-state index in [0.29, 0.717) is 21.3 Å². The van der Waals surface area contributed by atoms with Crippen LogP contribution in [0.4, 0.5) is 0 Å². The minimum atomic E-state index is 0.365. The molecule has 0 aliphatic carbocycles. The molecule has 2 nitrogen and oxygen atoms in total. The zero-order valence-electron chi connectivity index (χ0n) is 7.88. The second-order valence-electron chi connectivity index (χ2n) is 3.22. The van der Waals surface area contributed by atoms with Crippen molar-refractivity contribution in [3.05, 3.63) is 39.5 Å². The van der Waals surface area contributed by atoms with Crippen LogP contribution in [0, 0.1) is 18.3 Å². The molecule has 0 N–H and O–H groups in total. The van der Waals surface area contributed by atoms with Gasteiger partial charge in [0.15, 0.2) is 0 Å². The van der Waals surface area contributed by atoms with Crippen LogP contribution in [0.5, 0.6) is 0 Å². The summed E-state index contributed by atoms with van der Waals surface area (Å²) in [5.41, 5.74) is 1.93. The van der Waals surface area contributed by atoms with E-state index in [1.807, 2.05) is 13.0 Å². The number of aromatic nitrogens is 1. The van der Waals surface area contributed by atoms with Gasteiger partial charge in [0.1, 0.15) is 11.8 Å². The molecule has 0 aliphatic rings. The third-order valence-corrected chi connectivity index (χ3v) is 2.66. The molecule has 1 heterocycles. The van der Waals surface area contributed by atoms with E-state index in [1.54, 1.807) is 18.2 Å². The van der Waals surface area contributed by atoms with E-state index in [2.05, 4.69) is 4.98 Å². The number of rotatable bonds is 0. The first-order chi connectivity index (χ1) is 7.11. The van der Waals surface area contributed by atoms with E-state index in [-0.39, 0.29) is 0 Å². The van der Waals surface area contributed by atoms with Crippen molar-refractivity contribution in [3.8, 4) is 6.07 Å². The summed E-state index contributed by atoms with van der Waals surface area (Å²) in [5, 5.41) is 10.7. The van der Waals surface area contributed by atoms with Crippen molar-refractivity contribution in [2.24, 2.45) is 0 Å². The minimum absolute atomic E-state index is 0.365. The lowest BCUT2D eigenvalue weighted by Crippen LogP contribution is -1.89. The number of pyridine rings is 1. The van der Waals surface area contributed by atoms with Gasteiger partial charge in [-0.1, -0.05) is 23.2 Å². The fourth-order valence-electron chi connectivity index (χ4n) is 1.47. The summed E-state index contributed by atoms with van der Waals surface area (Å²) in [7, 11) is 0. The number of halogens is 2. The Hall–Kier alpha value is -1.30. The van der Waals surface area contributed by atoms with E-state index in [4.69, 9.17) is 28.5 Å². The molecule has 0 bridgehead atoms. The summed E-state index contributed by atoms with van der Waals surface area (Å²) in [6.07, 6.45) is 0. The second-order valence-corrected chi connectivity index (χ2v) is 4.06. The van der Waals surface area contributed by atoms with Crippen LogP contribution < -0.4 is 0 Å². The number of benzene rings is 1. The van der Waals surface area contributed by atoms with Gasteiger partial charge in [-0.2, -0.15) is 5.26 Å². The summed E-state index contributed by atoms with van der Waals surface area (Å²) in [5.74, 6) is 0. The summed E-state index contributed by atoms with van der Waals surface area (Å²) in [4.78, 5) is 4.14. The molecule has 1 aromatic heterocycles. The molecule has 0 spiro atoms. The van der Waals surface area contributed by atoms with E-state index < -0.39 is 0 Å². The quantitative estimate of drug-likeness (QED) is 0.700. The molecule has 0 saturated heterocycles. The van der Waals surface area contributed by atoms with Crippen LogP contribution in [0.1, 0.15) is 11.3 Å². The largest absolute Gasteiger partial charge is 0.236 e. The third-order valence-electron chi connectivity index (χ3n) is 2.15. The van der Waals surface area contributed by atoms with Crippen LogP contribution in [-0.4, -0.2) is 4.98 Å². The van der Waals surface area contributed by atoms with E-state index in [0.717, 1.165) is 10.9 Å². The van der Waals surface area contributed by atoms with Gasteiger partial charge in [-0.05, 0) is 30.7 Å². The van der Waals surface area contributed by atoms with Crippen molar-refractivity contribution in [1.29, 1.82) is 5.26 Å². The molecule has 4 heteroatoms. The zero-order valence-corrected chi connectivity index (χ0v) is 9.39. The smallest absolute Gasteiger partial charge is 0.141 e. The molecule has 1 aromatic carbocycles. The summed E-state index contributed by atoms with van der Waals surface area (Å²) < 4.78 is 0. The zero-order chi connectivity index (χ0) is 11.0. The highest BCUT2D eigenvalue weighted by Gasteiger charge is 2.07. The number of hydrogen-bond acceptors (Lipinski definition) is 2. The van der Waals surface area contributed by atoms with Gasteiger partial charge in [-0.15, -0.1) is 0 Å². The number of fused-ring (bicyclic) bond motifs is 1. The highest BCUT2D eigenvalue weighted by atomic mass is 35.5. The van der Waals surface area contributed by atoms with Gasteiger partial charge >= 0.3 is 0 Å². The van der Waals surface area contributed by atoms with Crippen molar-refractivity contribution in [3.63, 3.8) is 0 Å². The van der Waals surface area contributed by atoms with Crippen LogP contribution in [0.3, 0.4) is 0 Å². The first-order valence-electron chi connectivity index (χ1n) is 4.28. The predicted molar refractivity (Wildman–Crippen MR) is 61.2 cm³/mol. The lowest BCUT2D eigenvalue weighted by molar-refractivity contribution is 1.30. The van der Waals surface area contributed by atoms with Gasteiger partial charge in [-0.25, -0.2) is 4.98 Å². The molecule has 0 fully saturated rings. The molecule has 0 radical (unpaired) electrons. The van der Waals surface area contributed by atoms with Gasteiger partial charge in [0.2, 0.25) is 0 Å². The van der Waals surface area contributed by atoms with E-state index in [1.165, 1.54) is 0 Å². The fraction of sp³-hybridized carbons (Fsp3) is 0.0909. The lowest BCUT2D eigenvalue weighted by Gasteiger charge is -2.04. The topological polar surface area (TPSA) is 36.7 Å². The molecule has 0 aliphatic heterocycles. The monoisotopic (exact) mass is 236 g/mol. The number of aryl methyl sites for hydroxylation is 1. The van der Waals surface area contributed by atoms with Crippen molar-refractivity contribution in [2.45, 2.75) is 6.92 Å². The Kier molecular flexibility index (Phi) is 2.52. The van der Waals surface area contributed by atoms with Crippen LogP contribution in [-0.2, 0) is 0 Å². The molecule has 0 saturated carbocycles. The van der Waals surface area contributed by atoms with Crippen LogP contribution in [0.2, 0.25) is 10.0 Å². The average Bonchev–Trinajstić information content (AvgIpc) is 2.19. The highest BCUT2D eigenvalue weighted by molar-refractivity contribution is 6.38. The molecule has 0 amide bonds. The molecule has 0 atom stereocenters. The van der Waals surface area contributed by atoms with E-state index in [9.17, 15) is 0 Å². The Bertz CT molecular complexity index is 585. The molecular formula is C11H6Cl2N2. The number of hydrogen-bond donors (Lipinski definition) is 0. The molecule has 15 heavy (non-hydrogen) atoms. The Morgan fingerprint density at radius 2 is 2.00 bits per heavy atom. The van der Waals surface area contributed by atoms with Gasteiger partial charge in [0.25, 0.3) is 0 Å². The number of nitriles is 1. The van der Waals surface area contributed by atoms with Crippen molar-refractivity contribution >= 4 is 34.1 Å². The molecule has 0 unspecified atom stereocenters. The predicted octanol–water partition coefficient (Wildman–Crippen LogP) is 3.72. The standard InChI is InChI=1S/C11H6Cl2N2/c1-6-2-8(5-14)15-11-9(6)3-7(12)4-10(11)13/h2-4H,1H3. The normalized spacial score (nSPS) is 10.3. The van der Waals surface area contributed by atoms with Crippen LogP contribution in [0.15, 0.2) is 18.2 Å².